The molecule has 0 aliphatic carbocycles. The van der Waals surface area contributed by atoms with Gasteiger partial charge in [0.25, 0.3) is 10.0 Å². The van der Waals surface area contributed by atoms with Crippen LogP contribution in [0, 0.1) is 25.2 Å². The molecule has 0 aliphatic heterocycles. The first-order valence-corrected chi connectivity index (χ1v) is 12.6. The summed E-state index contributed by atoms with van der Waals surface area (Å²) in [4.78, 5) is 12.2. The van der Waals surface area contributed by atoms with Gasteiger partial charge < -0.3 is 0 Å². The van der Waals surface area contributed by atoms with E-state index in [-0.39, 0.29) is 27.4 Å². The molecule has 0 amide bonds. The van der Waals surface area contributed by atoms with Crippen molar-refractivity contribution < 1.29 is 16.8 Å². The lowest BCUT2D eigenvalue weighted by Gasteiger charge is -2.07. The lowest BCUT2D eigenvalue weighted by molar-refractivity contribution is 0.588. The summed E-state index contributed by atoms with van der Waals surface area (Å²) in [6, 6.07) is 10.0. The molecule has 9 nitrogen and oxygen atoms in total. The van der Waals surface area contributed by atoms with Gasteiger partial charge in [0.15, 0.2) is 5.65 Å². The van der Waals surface area contributed by atoms with Crippen LogP contribution >= 0.6 is 0 Å². The van der Waals surface area contributed by atoms with E-state index in [9.17, 15) is 22.1 Å². The van der Waals surface area contributed by atoms with Crippen molar-refractivity contribution in [3.05, 3.63) is 65.6 Å². The number of nitriles is 1. The number of benzene rings is 1. The molecule has 162 valence electrons. The van der Waals surface area contributed by atoms with E-state index < -0.39 is 25.0 Å². The van der Waals surface area contributed by atoms with Gasteiger partial charge in [0.1, 0.15) is 6.07 Å². The van der Waals surface area contributed by atoms with Gasteiger partial charge in [-0.25, -0.2) is 35.8 Å². The van der Waals surface area contributed by atoms with E-state index in [0.717, 1.165) is 27.6 Å². The van der Waals surface area contributed by atoms with Crippen LogP contribution in [0.25, 0.3) is 22.3 Å². The molecule has 3 aromatic heterocycles. The van der Waals surface area contributed by atoms with E-state index in [1.54, 1.807) is 25.1 Å². The SMILES string of the molecule is Cc1ccc(S(=O)(=O)n2cc(-c3nc(S(C)(=O)=O)ncc3C#N)c3cc(C)cnc32)cc1. The minimum atomic E-state index is -4.03. The second-order valence-corrected chi connectivity index (χ2v) is 11.1. The predicted octanol–water partition coefficient (Wildman–Crippen LogP) is 2.62. The van der Waals surface area contributed by atoms with Gasteiger partial charge in [0.05, 0.1) is 22.3 Å². The third kappa shape index (κ3) is 3.63. The topological polar surface area (TPSA) is 136 Å². The van der Waals surface area contributed by atoms with Crippen molar-refractivity contribution >= 4 is 30.9 Å². The van der Waals surface area contributed by atoms with E-state index in [0.29, 0.717) is 5.39 Å². The monoisotopic (exact) mass is 467 g/mol. The zero-order valence-electron chi connectivity index (χ0n) is 17.3. The molecule has 0 unspecified atom stereocenters. The molecule has 0 radical (unpaired) electrons. The summed E-state index contributed by atoms with van der Waals surface area (Å²) in [5.41, 5.74) is 2.07. The quantitative estimate of drug-likeness (QED) is 0.418. The Balaban J connectivity index is 2.07. The van der Waals surface area contributed by atoms with Crippen LogP contribution in [0.4, 0.5) is 0 Å². The van der Waals surface area contributed by atoms with Gasteiger partial charge >= 0.3 is 0 Å². The summed E-state index contributed by atoms with van der Waals surface area (Å²) in [6.07, 6.45) is 4.90. The summed E-state index contributed by atoms with van der Waals surface area (Å²) in [7, 11) is -7.79. The number of rotatable bonds is 4. The Morgan fingerprint density at radius 1 is 0.969 bits per heavy atom. The number of hydrogen-bond acceptors (Lipinski definition) is 8. The number of sulfone groups is 1. The third-order valence-corrected chi connectivity index (χ3v) is 7.32. The van der Waals surface area contributed by atoms with Crippen LogP contribution in [-0.2, 0) is 19.9 Å². The lowest BCUT2D eigenvalue weighted by atomic mass is 10.1. The highest BCUT2D eigenvalue weighted by Gasteiger charge is 2.25. The van der Waals surface area contributed by atoms with Gasteiger partial charge in [-0.15, -0.1) is 0 Å². The summed E-state index contributed by atoms with van der Waals surface area (Å²) >= 11 is 0. The van der Waals surface area contributed by atoms with E-state index in [1.165, 1.54) is 24.5 Å². The van der Waals surface area contributed by atoms with Crippen LogP contribution < -0.4 is 0 Å². The van der Waals surface area contributed by atoms with Crippen molar-refractivity contribution in [1.29, 1.82) is 5.26 Å². The molecule has 4 rings (SSSR count). The Bertz CT molecular complexity index is 1630. The third-order valence-electron chi connectivity index (χ3n) is 4.80. The summed E-state index contributed by atoms with van der Waals surface area (Å²) < 4.78 is 51.8. The van der Waals surface area contributed by atoms with Gasteiger partial charge in [-0.3, -0.25) is 0 Å². The molecule has 0 bridgehead atoms. The highest BCUT2D eigenvalue weighted by atomic mass is 32.2. The molecule has 3 heterocycles. The lowest BCUT2D eigenvalue weighted by Crippen LogP contribution is -2.12. The number of aromatic nitrogens is 4. The standard InChI is InChI=1S/C21H17N5O4S2/c1-13-4-6-16(7-5-13)32(29,30)26-12-18(17-8-14(2)10-23-20(17)26)19-15(9-22)11-24-21(25-19)31(3,27)28/h4-8,10-12H,1-3H3. The normalized spacial score (nSPS) is 12.1. The zero-order chi connectivity index (χ0) is 23.3. The van der Waals surface area contributed by atoms with Crippen molar-refractivity contribution in [2.75, 3.05) is 6.26 Å². The Morgan fingerprint density at radius 3 is 2.28 bits per heavy atom. The Kier molecular flexibility index (Phi) is 5.07. The van der Waals surface area contributed by atoms with Crippen molar-refractivity contribution in [3.63, 3.8) is 0 Å². The van der Waals surface area contributed by atoms with E-state index in [2.05, 4.69) is 15.0 Å². The van der Waals surface area contributed by atoms with Crippen LogP contribution in [0.2, 0.25) is 0 Å². The fourth-order valence-electron chi connectivity index (χ4n) is 3.21. The molecule has 11 heteroatoms. The molecule has 0 N–H and O–H groups in total. The van der Waals surface area contributed by atoms with Gasteiger partial charge in [0, 0.05) is 29.6 Å². The van der Waals surface area contributed by atoms with Crippen LogP contribution in [-0.4, -0.2) is 42.0 Å². The van der Waals surface area contributed by atoms with E-state index in [4.69, 9.17) is 0 Å². The molecular formula is C21H17N5O4S2. The largest absolute Gasteiger partial charge is 0.269 e. The van der Waals surface area contributed by atoms with E-state index in [1.807, 2.05) is 13.0 Å². The molecule has 0 fully saturated rings. The molecule has 0 spiro atoms. The number of nitrogens with zero attached hydrogens (tertiary/aromatic N) is 5. The number of pyridine rings is 1. The number of hydrogen-bond donors (Lipinski definition) is 0. The molecule has 0 aliphatic rings. The number of fused-ring (bicyclic) bond motifs is 1. The molecule has 1 aromatic carbocycles. The fourth-order valence-corrected chi connectivity index (χ4v) is 5.04. The Hall–Kier alpha value is -3.62. The first-order chi connectivity index (χ1) is 15.0. The number of aryl methyl sites for hydroxylation is 2. The second-order valence-electron chi connectivity index (χ2n) is 7.34. The van der Waals surface area contributed by atoms with Gasteiger partial charge in [-0.2, -0.15) is 5.26 Å². The second kappa shape index (κ2) is 7.51. The van der Waals surface area contributed by atoms with Crippen LogP contribution in [0.1, 0.15) is 16.7 Å². The summed E-state index contributed by atoms with van der Waals surface area (Å²) in [6.45, 7) is 3.64. The highest BCUT2D eigenvalue weighted by molar-refractivity contribution is 7.90. The molecule has 4 aromatic rings. The molecule has 0 saturated heterocycles. The zero-order valence-corrected chi connectivity index (χ0v) is 18.9. The molecule has 32 heavy (non-hydrogen) atoms. The van der Waals surface area contributed by atoms with E-state index >= 15 is 0 Å². The van der Waals surface area contributed by atoms with Crippen molar-refractivity contribution in [3.8, 4) is 17.3 Å². The highest BCUT2D eigenvalue weighted by Crippen LogP contribution is 2.33. The van der Waals surface area contributed by atoms with Crippen LogP contribution in [0.5, 0.6) is 0 Å². The fraction of sp³-hybridized carbons (Fsp3) is 0.143. The maximum atomic E-state index is 13.4. The maximum Gasteiger partial charge on any atom is 0.269 e. The Morgan fingerprint density at radius 2 is 1.66 bits per heavy atom. The van der Waals surface area contributed by atoms with Gasteiger partial charge in [-0.05, 0) is 37.6 Å². The molecule has 0 saturated carbocycles. The van der Waals surface area contributed by atoms with Crippen molar-refractivity contribution in [1.82, 2.24) is 18.9 Å². The van der Waals surface area contributed by atoms with Crippen molar-refractivity contribution in [2.24, 2.45) is 0 Å². The Labute approximate surface area is 185 Å². The molecule has 0 atom stereocenters. The van der Waals surface area contributed by atoms with Crippen molar-refractivity contribution in [2.45, 2.75) is 23.9 Å². The first-order valence-electron chi connectivity index (χ1n) is 9.30. The average Bonchev–Trinajstić information content (AvgIpc) is 3.12. The smallest absolute Gasteiger partial charge is 0.237 e. The maximum absolute atomic E-state index is 13.4. The van der Waals surface area contributed by atoms with Gasteiger partial charge in [-0.1, -0.05) is 17.7 Å². The minimum absolute atomic E-state index is 0.00527. The first kappa shape index (κ1) is 21.6. The van der Waals surface area contributed by atoms with Crippen LogP contribution in [0.15, 0.2) is 59.0 Å². The average molecular weight is 468 g/mol. The predicted molar refractivity (Wildman–Crippen MR) is 117 cm³/mol. The summed E-state index contributed by atoms with van der Waals surface area (Å²) in [5.74, 6) is 0. The minimum Gasteiger partial charge on any atom is -0.237 e. The summed E-state index contributed by atoms with van der Waals surface area (Å²) in [5, 5.41) is 9.50. The van der Waals surface area contributed by atoms with Crippen LogP contribution in [0.3, 0.4) is 0 Å². The molecular weight excluding hydrogens is 450 g/mol. The van der Waals surface area contributed by atoms with Gasteiger partial charge in [0.2, 0.25) is 15.0 Å².